The smallest absolute Gasteiger partial charge is 0.407 e. The number of nitrogens with zero attached hydrogens (tertiary/aromatic N) is 3. The average molecular weight is 607 g/mol. The summed E-state index contributed by atoms with van der Waals surface area (Å²) in [6, 6.07) is 16.3. The number of amides is 2. The van der Waals surface area contributed by atoms with Gasteiger partial charge in [-0.05, 0) is 72.1 Å². The summed E-state index contributed by atoms with van der Waals surface area (Å²) in [6.45, 7) is 4.46. The molecule has 5 atom stereocenters. The summed E-state index contributed by atoms with van der Waals surface area (Å²) in [5.74, 6) is 4.07. The molecule has 3 N–H and O–H groups in total. The summed E-state index contributed by atoms with van der Waals surface area (Å²) < 4.78 is 4.75. The molecule has 3 aliphatic rings. The van der Waals surface area contributed by atoms with Crippen LogP contribution in [0, 0.1) is 17.8 Å². The second kappa shape index (κ2) is 12.2. The molecule has 4 aromatic rings. The maximum absolute atomic E-state index is 13.5. The van der Waals surface area contributed by atoms with E-state index in [1.165, 1.54) is 38.6 Å². The van der Waals surface area contributed by atoms with E-state index in [1.54, 1.807) is 0 Å². The molecule has 2 bridgehead atoms. The third kappa shape index (κ3) is 5.76. The Balaban J connectivity index is 1.02. The van der Waals surface area contributed by atoms with Gasteiger partial charge in [0.2, 0.25) is 5.91 Å². The highest BCUT2D eigenvalue weighted by Crippen LogP contribution is 2.52. The Hall–Kier alpha value is -4.40. The van der Waals surface area contributed by atoms with Gasteiger partial charge in [-0.3, -0.25) is 4.79 Å². The van der Waals surface area contributed by atoms with Crippen molar-refractivity contribution >= 4 is 12.0 Å². The summed E-state index contributed by atoms with van der Waals surface area (Å²) in [4.78, 5) is 43.7. The van der Waals surface area contributed by atoms with Crippen molar-refractivity contribution in [2.24, 2.45) is 17.8 Å². The van der Waals surface area contributed by atoms with Crippen LogP contribution in [-0.2, 0) is 9.53 Å². The van der Waals surface area contributed by atoms with Gasteiger partial charge in [0, 0.05) is 12.5 Å². The number of likely N-dealkylation sites (tertiary alicyclic amines) is 1. The van der Waals surface area contributed by atoms with Crippen LogP contribution in [-0.4, -0.2) is 56.5 Å². The Kier molecular flexibility index (Phi) is 7.94. The van der Waals surface area contributed by atoms with Crippen LogP contribution in [0.15, 0.2) is 60.9 Å². The van der Waals surface area contributed by atoms with Gasteiger partial charge >= 0.3 is 6.09 Å². The number of carbonyl (C=O) groups excluding carboxylic acids is 2. The van der Waals surface area contributed by atoms with Crippen LogP contribution in [0.2, 0.25) is 0 Å². The average Bonchev–Trinajstić information content (AvgIpc) is 3.91. The summed E-state index contributed by atoms with van der Waals surface area (Å²) in [5.41, 5.74) is 6.48. The first-order valence-electron chi connectivity index (χ1n) is 16.3. The van der Waals surface area contributed by atoms with Gasteiger partial charge in [0.25, 0.3) is 0 Å². The number of H-pyrrole nitrogens is 2. The summed E-state index contributed by atoms with van der Waals surface area (Å²) in [5, 5.41) is 2.70. The molecule has 2 amide bonds. The number of rotatable bonds is 8. The van der Waals surface area contributed by atoms with Crippen LogP contribution in [0.4, 0.5) is 4.79 Å². The molecule has 45 heavy (non-hydrogen) atoms. The number of fused-ring (bicyclic) bond motifs is 2. The number of aromatic nitrogens is 4. The van der Waals surface area contributed by atoms with Crippen molar-refractivity contribution < 1.29 is 14.3 Å². The maximum Gasteiger partial charge on any atom is 0.407 e. The fourth-order valence-corrected chi connectivity index (χ4v) is 7.78. The number of hydrogen-bond donors (Lipinski definition) is 3. The number of imidazole rings is 2. The highest BCUT2D eigenvalue weighted by molar-refractivity contribution is 5.86. The van der Waals surface area contributed by atoms with Gasteiger partial charge in [0.15, 0.2) is 0 Å². The fraction of sp³-hybridized carbons (Fsp3) is 0.444. The fourth-order valence-electron chi connectivity index (χ4n) is 7.78. The van der Waals surface area contributed by atoms with Gasteiger partial charge in [-0.2, -0.15) is 0 Å². The second-order valence-electron chi connectivity index (χ2n) is 13.3. The van der Waals surface area contributed by atoms with Crippen LogP contribution in [0.5, 0.6) is 0 Å². The van der Waals surface area contributed by atoms with Crippen LogP contribution in [0.1, 0.15) is 76.0 Å². The van der Waals surface area contributed by atoms with Crippen LogP contribution < -0.4 is 5.32 Å². The molecule has 2 saturated carbocycles. The molecule has 0 radical (unpaired) electrons. The van der Waals surface area contributed by atoms with Crippen LogP contribution in [0.3, 0.4) is 0 Å². The minimum absolute atomic E-state index is 0.0743. The quantitative estimate of drug-likeness (QED) is 0.198. The highest BCUT2D eigenvalue weighted by atomic mass is 16.5. The number of benzene rings is 2. The van der Waals surface area contributed by atoms with Crippen molar-refractivity contribution in [3.8, 4) is 33.6 Å². The number of nitrogens with one attached hydrogen (secondary N) is 3. The molecule has 0 spiro atoms. The Morgan fingerprint density at radius 2 is 1.44 bits per heavy atom. The standard InChI is InChI=1S/C36H42N6O3/c1-21(2)32(41-36(44)45-3)35(43)42-16-4-5-31(42)34-38-20-30(40-34)26-14-10-24(11-15-26)23-8-12-25(13-9-23)29-19-37-33(39-29)28-18-22-6-7-27(28)17-22/h8-15,19-22,27-28,31-32H,4-7,16-18H2,1-3H3,(H,37,39)(H,38,40)(H,41,44)/t22?,27?,28-,31+,32?/m1/s1. The van der Waals surface area contributed by atoms with Crippen molar-refractivity contribution in [2.75, 3.05) is 13.7 Å². The lowest BCUT2D eigenvalue weighted by Crippen LogP contribution is -2.51. The van der Waals surface area contributed by atoms with Gasteiger partial charge in [0.1, 0.15) is 17.7 Å². The summed E-state index contributed by atoms with van der Waals surface area (Å²) >= 11 is 0. The van der Waals surface area contributed by atoms with Gasteiger partial charge in [-0.25, -0.2) is 14.8 Å². The third-order valence-electron chi connectivity index (χ3n) is 10.2. The molecule has 3 heterocycles. The van der Waals surface area contributed by atoms with E-state index < -0.39 is 12.1 Å². The van der Waals surface area contributed by atoms with Gasteiger partial charge in [-0.1, -0.05) is 68.8 Å². The first-order valence-corrected chi connectivity index (χ1v) is 16.3. The number of hydrogen-bond acceptors (Lipinski definition) is 5. The molecule has 1 saturated heterocycles. The Morgan fingerprint density at radius 1 is 0.844 bits per heavy atom. The zero-order valence-electron chi connectivity index (χ0n) is 26.3. The number of carbonyl (C=O) groups is 2. The highest BCUT2D eigenvalue weighted by Gasteiger charge is 2.41. The van der Waals surface area contributed by atoms with E-state index in [2.05, 4.69) is 68.8 Å². The van der Waals surface area contributed by atoms with E-state index in [0.29, 0.717) is 12.5 Å². The molecule has 234 valence electrons. The minimum atomic E-state index is -0.655. The topological polar surface area (TPSA) is 116 Å². The van der Waals surface area contributed by atoms with Crippen molar-refractivity contribution in [1.29, 1.82) is 0 Å². The Bertz CT molecular complexity index is 1660. The molecule has 2 aromatic carbocycles. The molecule has 9 heteroatoms. The summed E-state index contributed by atoms with van der Waals surface area (Å²) in [6.07, 6.45) is 10.4. The van der Waals surface area contributed by atoms with Gasteiger partial charge in [0.05, 0.1) is 36.9 Å². The van der Waals surface area contributed by atoms with E-state index in [9.17, 15) is 9.59 Å². The molecule has 3 fully saturated rings. The summed E-state index contributed by atoms with van der Waals surface area (Å²) in [7, 11) is 1.30. The number of alkyl carbamates (subject to hydrolysis) is 1. The first kappa shape index (κ1) is 29.3. The first-order chi connectivity index (χ1) is 21.9. The molecular weight excluding hydrogens is 564 g/mol. The van der Waals surface area contributed by atoms with E-state index in [-0.39, 0.29) is 17.9 Å². The number of ether oxygens (including phenoxy) is 1. The molecular formula is C36H42N6O3. The van der Waals surface area contributed by atoms with Gasteiger partial charge < -0.3 is 24.9 Å². The normalized spacial score (nSPS) is 23.1. The van der Waals surface area contributed by atoms with E-state index in [0.717, 1.165) is 64.1 Å². The monoisotopic (exact) mass is 606 g/mol. The zero-order valence-corrected chi connectivity index (χ0v) is 26.3. The lowest BCUT2D eigenvalue weighted by molar-refractivity contribution is -0.135. The van der Waals surface area contributed by atoms with E-state index in [1.807, 2.05) is 31.1 Å². The Morgan fingerprint density at radius 3 is 2.00 bits per heavy atom. The molecule has 9 nitrogen and oxygen atoms in total. The molecule has 2 aliphatic carbocycles. The SMILES string of the molecule is COC(=O)NC(C(=O)N1CCC[C@H]1c1ncc(-c2ccc(-c3ccc(-c4cnc([C@@H]5CC6CCC5C6)[nH]4)cc3)cc2)[nH]1)C(C)C. The van der Waals surface area contributed by atoms with Crippen LogP contribution in [0.25, 0.3) is 33.6 Å². The molecule has 3 unspecified atom stereocenters. The minimum Gasteiger partial charge on any atom is -0.453 e. The molecule has 7 rings (SSSR count). The maximum atomic E-state index is 13.5. The van der Waals surface area contributed by atoms with Gasteiger partial charge in [-0.15, -0.1) is 0 Å². The number of aromatic amines is 2. The zero-order chi connectivity index (χ0) is 31.1. The van der Waals surface area contributed by atoms with Crippen molar-refractivity contribution in [3.05, 3.63) is 72.6 Å². The van der Waals surface area contributed by atoms with Crippen LogP contribution >= 0.6 is 0 Å². The predicted molar refractivity (Wildman–Crippen MR) is 173 cm³/mol. The van der Waals surface area contributed by atoms with Crippen molar-refractivity contribution in [2.45, 2.75) is 70.4 Å². The Labute approximate surface area is 264 Å². The predicted octanol–water partition coefficient (Wildman–Crippen LogP) is 7.08. The van der Waals surface area contributed by atoms with E-state index >= 15 is 0 Å². The number of methoxy groups -OCH3 is 1. The third-order valence-corrected chi connectivity index (χ3v) is 10.2. The molecule has 2 aromatic heterocycles. The molecule has 1 aliphatic heterocycles. The lowest BCUT2D eigenvalue weighted by Gasteiger charge is -2.30. The van der Waals surface area contributed by atoms with Crippen molar-refractivity contribution in [1.82, 2.24) is 30.2 Å². The van der Waals surface area contributed by atoms with Crippen molar-refractivity contribution in [3.63, 3.8) is 0 Å². The lowest BCUT2D eigenvalue weighted by atomic mass is 9.88. The van der Waals surface area contributed by atoms with E-state index in [4.69, 9.17) is 9.72 Å². The largest absolute Gasteiger partial charge is 0.453 e. The second-order valence-corrected chi connectivity index (χ2v) is 13.3.